The first-order chi connectivity index (χ1) is 17.5. The minimum atomic E-state index is -3.58. The number of aromatic nitrogens is 2. The van der Waals surface area contributed by atoms with Crippen molar-refractivity contribution in [2.75, 3.05) is 13.0 Å². The van der Waals surface area contributed by atoms with Crippen molar-refractivity contribution in [2.24, 2.45) is 17.8 Å². The number of thiazole rings is 1. The zero-order valence-corrected chi connectivity index (χ0v) is 22.4. The van der Waals surface area contributed by atoms with Crippen molar-refractivity contribution < 1.29 is 37.4 Å². The van der Waals surface area contributed by atoms with Crippen molar-refractivity contribution in [3.8, 4) is 0 Å². The summed E-state index contributed by atoms with van der Waals surface area (Å²) in [5, 5.41) is 10.1. The van der Waals surface area contributed by atoms with Crippen LogP contribution in [0.15, 0.2) is 23.2 Å². The summed E-state index contributed by atoms with van der Waals surface area (Å²) in [5.41, 5.74) is 0.532. The number of aliphatic hydroxyl groups is 1. The number of imidazole rings is 1. The smallest absolute Gasteiger partial charge is 0.358 e. The Balaban J connectivity index is 1.45. The standard InChI is InChI=1S/C24H29N3O8S2/c1-12-16(15-9-26-10-25-20(22(26)36-15)37(3,32)33)19(27-18(12)17(13(2)28)21(27)29)24(31)35-11-34-23(30)14-7-5-4-6-8-14/h9-10,12-14,17-18,28H,4-8,11H2,1-3H3/t12-,13+,17+,18+/m0/s1. The van der Waals surface area contributed by atoms with Gasteiger partial charge in [0, 0.05) is 23.9 Å². The van der Waals surface area contributed by atoms with Crippen LogP contribution in [0.1, 0.15) is 50.8 Å². The molecule has 1 saturated heterocycles. The lowest BCUT2D eigenvalue weighted by molar-refractivity contribution is -0.174. The molecule has 4 atom stereocenters. The fourth-order valence-corrected chi connectivity index (χ4v) is 8.06. The van der Waals surface area contributed by atoms with Crippen molar-refractivity contribution in [2.45, 2.75) is 63.1 Å². The molecule has 0 bridgehead atoms. The molecule has 1 saturated carbocycles. The Morgan fingerprint density at radius 1 is 1.24 bits per heavy atom. The molecule has 13 heteroatoms. The lowest BCUT2D eigenvalue weighted by Gasteiger charge is -2.46. The molecule has 5 rings (SSSR count). The molecule has 2 fully saturated rings. The van der Waals surface area contributed by atoms with E-state index in [0.29, 0.717) is 15.3 Å². The highest BCUT2D eigenvalue weighted by atomic mass is 32.2. The Bertz CT molecular complexity index is 1400. The van der Waals surface area contributed by atoms with Crippen LogP contribution in [0.3, 0.4) is 0 Å². The van der Waals surface area contributed by atoms with Gasteiger partial charge in [0.2, 0.25) is 12.7 Å². The molecule has 2 aromatic rings. The lowest BCUT2D eigenvalue weighted by atomic mass is 9.77. The molecule has 0 unspecified atom stereocenters. The van der Waals surface area contributed by atoms with Gasteiger partial charge in [0.05, 0.1) is 28.9 Å². The zero-order valence-electron chi connectivity index (χ0n) is 20.7. The van der Waals surface area contributed by atoms with E-state index in [2.05, 4.69) is 4.98 Å². The second-order valence-electron chi connectivity index (χ2n) is 9.99. The Hall–Kier alpha value is -2.77. The van der Waals surface area contributed by atoms with Gasteiger partial charge in [0.15, 0.2) is 14.9 Å². The van der Waals surface area contributed by atoms with E-state index in [0.717, 1.165) is 49.7 Å². The number of carbonyl (C=O) groups excluding carboxylic acids is 3. The van der Waals surface area contributed by atoms with Crippen LogP contribution >= 0.6 is 11.3 Å². The van der Waals surface area contributed by atoms with E-state index in [1.165, 1.54) is 18.2 Å². The predicted molar refractivity (Wildman–Crippen MR) is 132 cm³/mol. The molecule has 3 aliphatic rings. The van der Waals surface area contributed by atoms with Crippen molar-refractivity contribution in [1.29, 1.82) is 0 Å². The molecule has 37 heavy (non-hydrogen) atoms. The minimum absolute atomic E-state index is 0.0199. The van der Waals surface area contributed by atoms with Gasteiger partial charge in [-0.05, 0) is 19.8 Å². The number of hydrogen-bond donors (Lipinski definition) is 1. The number of hydrogen-bond acceptors (Lipinski definition) is 10. The van der Waals surface area contributed by atoms with E-state index in [4.69, 9.17) is 9.47 Å². The Labute approximate surface area is 218 Å². The number of β-lactam (4-membered cyclic amide) rings is 1. The Morgan fingerprint density at radius 2 is 1.95 bits per heavy atom. The number of ether oxygens (including phenoxy) is 2. The number of sulfone groups is 1. The van der Waals surface area contributed by atoms with Crippen LogP contribution in [0.25, 0.3) is 10.4 Å². The third kappa shape index (κ3) is 4.36. The molecule has 200 valence electrons. The van der Waals surface area contributed by atoms with Gasteiger partial charge in [0.1, 0.15) is 16.9 Å². The highest BCUT2D eigenvalue weighted by Crippen LogP contribution is 2.52. The lowest BCUT2D eigenvalue weighted by Crippen LogP contribution is -2.63. The average Bonchev–Trinajstić information content (AvgIpc) is 3.48. The average molecular weight is 552 g/mol. The molecular formula is C24H29N3O8S2. The van der Waals surface area contributed by atoms with Gasteiger partial charge in [-0.2, -0.15) is 0 Å². The number of fused-ring (bicyclic) bond motifs is 2. The summed E-state index contributed by atoms with van der Waals surface area (Å²) in [7, 11) is -3.58. The van der Waals surface area contributed by atoms with Gasteiger partial charge in [-0.1, -0.05) is 26.2 Å². The van der Waals surface area contributed by atoms with Crippen LogP contribution in [0.2, 0.25) is 0 Å². The van der Waals surface area contributed by atoms with E-state index in [1.54, 1.807) is 10.6 Å². The van der Waals surface area contributed by atoms with Crippen LogP contribution < -0.4 is 0 Å². The molecule has 1 amide bonds. The van der Waals surface area contributed by atoms with Gasteiger partial charge < -0.3 is 19.5 Å². The zero-order chi connectivity index (χ0) is 26.6. The molecule has 2 aromatic heterocycles. The summed E-state index contributed by atoms with van der Waals surface area (Å²) in [6.45, 7) is 2.82. The summed E-state index contributed by atoms with van der Waals surface area (Å²) in [5.74, 6) is -2.84. The van der Waals surface area contributed by atoms with Gasteiger partial charge in [0.25, 0.3) is 0 Å². The van der Waals surface area contributed by atoms with Gasteiger partial charge in [-0.3, -0.25) is 14.0 Å². The van der Waals surface area contributed by atoms with E-state index in [9.17, 15) is 27.9 Å². The summed E-state index contributed by atoms with van der Waals surface area (Å²) >= 11 is 1.14. The normalized spacial score (nSPS) is 25.2. The summed E-state index contributed by atoms with van der Waals surface area (Å²) in [4.78, 5) is 44.9. The third-order valence-electron chi connectivity index (χ3n) is 7.49. The summed E-state index contributed by atoms with van der Waals surface area (Å²) in [6, 6.07) is -0.455. The number of carbonyl (C=O) groups is 3. The molecule has 1 aliphatic carbocycles. The molecule has 0 aromatic carbocycles. The fraction of sp³-hybridized carbons (Fsp3) is 0.583. The fourth-order valence-electron chi connectivity index (χ4n) is 5.71. The molecule has 4 heterocycles. The number of aliphatic hydroxyl groups excluding tert-OH is 1. The first-order valence-electron chi connectivity index (χ1n) is 12.3. The van der Waals surface area contributed by atoms with Gasteiger partial charge in [-0.25, -0.2) is 18.2 Å². The SMILES string of the molecule is C[C@@H](O)[C@H]1C(=O)N2C(C(=O)OCOC(=O)C3CCCCC3)=C(c3cn4cnc(S(C)(=O)=O)c4s3)[C@H](C)[C@H]12. The van der Waals surface area contributed by atoms with Crippen LogP contribution in [0, 0.1) is 17.8 Å². The highest BCUT2D eigenvalue weighted by Gasteiger charge is 2.60. The van der Waals surface area contributed by atoms with Crippen LogP contribution in [0.5, 0.6) is 0 Å². The molecular weight excluding hydrogens is 522 g/mol. The van der Waals surface area contributed by atoms with E-state index in [1.807, 2.05) is 6.92 Å². The third-order valence-corrected chi connectivity index (χ3v) is 9.76. The van der Waals surface area contributed by atoms with Gasteiger partial charge in [-0.15, -0.1) is 11.3 Å². The first-order valence-corrected chi connectivity index (χ1v) is 15.0. The number of amides is 1. The second kappa shape index (κ2) is 9.52. The van der Waals surface area contributed by atoms with E-state index < -0.39 is 52.5 Å². The van der Waals surface area contributed by atoms with E-state index in [-0.39, 0.29) is 22.6 Å². The maximum absolute atomic E-state index is 13.3. The molecule has 0 spiro atoms. The topological polar surface area (TPSA) is 145 Å². The van der Waals surface area contributed by atoms with Crippen molar-refractivity contribution in [1.82, 2.24) is 14.3 Å². The predicted octanol–water partition coefficient (Wildman–Crippen LogP) is 1.99. The molecule has 0 radical (unpaired) electrons. The van der Waals surface area contributed by atoms with Gasteiger partial charge >= 0.3 is 11.9 Å². The second-order valence-corrected chi connectivity index (χ2v) is 13.0. The Kier molecular flexibility index (Phi) is 6.65. The molecule has 1 N–H and O–H groups in total. The molecule has 2 aliphatic heterocycles. The first kappa shape index (κ1) is 25.9. The highest BCUT2D eigenvalue weighted by molar-refractivity contribution is 7.91. The van der Waals surface area contributed by atoms with Crippen molar-refractivity contribution in [3.63, 3.8) is 0 Å². The van der Waals surface area contributed by atoms with Crippen molar-refractivity contribution in [3.05, 3.63) is 23.1 Å². The van der Waals surface area contributed by atoms with Crippen LogP contribution in [-0.4, -0.2) is 70.8 Å². The van der Waals surface area contributed by atoms with Crippen LogP contribution in [0.4, 0.5) is 0 Å². The van der Waals surface area contributed by atoms with Crippen LogP contribution in [-0.2, 0) is 33.7 Å². The van der Waals surface area contributed by atoms with Crippen molar-refractivity contribution >= 4 is 49.4 Å². The maximum Gasteiger partial charge on any atom is 0.358 e. The summed E-state index contributed by atoms with van der Waals surface area (Å²) in [6.07, 6.45) is 7.72. The maximum atomic E-state index is 13.3. The number of nitrogens with zero attached hydrogens (tertiary/aromatic N) is 3. The number of rotatable bonds is 7. The monoisotopic (exact) mass is 551 g/mol. The number of esters is 2. The quantitative estimate of drug-likeness (QED) is 0.310. The minimum Gasteiger partial charge on any atom is -0.428 e. The van der Waals surface area contributed by atoms with E-state index >= 15 is 0 Å². The summed E-state index contributed by atoms with van der Waals surface area (Å²) < 4.78 is 36.4. The largest absolute Gasteiger partial charge is 0.428 e. The Morgan fingerprint density at radius 3 is 2.59 bits per heavy atom. The molecule has 11 nitrogen and oxygen atoms in total.